The lowest BCUT2D eigenvalue weighted by Gasteiger charge is -2.02. The van der Waals surface area contributed by atoms with Gasteiger partial charge < -0.3 is 4.74 Å². The van der Waals surface area contributed by atoms with E-state index in [1.54, 1.807) is 7.11 Å². The summed E-state index contributed by atoms with van der Waals surface area (Å²) < 4.78 is 6.27. The lowest BCUT2D eigenvalue weighted by molar-refractivity contribution is 0.102. The van der Waals surface area contributed by atoms with E-state index in [0.717, 1.165) is 25.5 Å². The van der Waals surface area contributed by atoms with Crippen molar-refractivity contribution in [1.29, 1.82) is 0 Å². The Morgan fingerprint density at radius 3 is 2.42 bits per heavy atom. The van der Waals surface area contributed by atoms with E-state index in [9.17, 15) is 4.79 Å². The summed E-state index contributed by atoms with van der Waals surface area (Å²) in [6.45, 7) is 2.00. The minimum absolute atomic E-state index is 0.151. The number of carbonyl (C=O) groups excluding carboxylic acids is 1. The Balaban J connectivity index is 1.80. The average Bonchev–Trinajstić information content (AvgIpc) is 2.95. The van der Waals surface area contributed by atoms with E-state index in [1.165, 1.54) is 11.3 Å². The van der Waals surface area contributed by atoms with Crippen molar-refractivity contribution in [3.8, 4) is 17.0 Å². The summed E-state index contributed by atoms with van der Waals surface area (Å²) in [7, 11) is 1.64. The molecule has 2 aromatic carbocycles. The fourth-order valence-corrected chi connectivity index (χ4v) is 3.43. The van der Waals surface area contributed by atoms with Crippen LogP contribution in [0.1, 0.15) is 15.2 Å². The third-order valence-corrected chi connectivity index (χ3v) is 5.09. The monoisotopic (exact) mass is 450 g/mol. The molecule has 0 radical (unpaired) electrons. The van der Waals surface area contributed by atoms with Crippen molar-refractivity contribution in [3.05, 3.63) is 62.5 Å². The molecule has 0 spiro atoms. The molecule has 1 amide bonds. The highest BCUT2D eigenvalue weighted by molar-refractivity contribution is 14.1. The molecule has 3 rings (SSSR count). The van der Waals surface area contributed by atoms with Gasteiger partial charge in [-0.25, -0.2) is 4.98 Å². The maximum atomic E-state index is 12.3. The number of hydrogen-bond acceptors (Lipinski definition) is 4. The highest BCUT2D eigenvalue weighted by Gasteiger charge is 2.13. The third-order valence-electron chi connectivity index (χ3n) is 3.49. The Morgan fingerprint density at radius 1 is 1.12 bits per heavy atom. The van der Waals surface area contributed by atoms with Crippen LogP contribution in [0.15, 0.2) is 48.5 Å². The fraction of sp³-hybridized carbons (Fsp3) is 0.111. The lowest BCUT2D eigenvalue weighted by atomic mass is 10.1. The van der Waals surface area contributed by atoms with Gasteiger partial charge in [-0.1, -0.05) is 0 Å². The molecule has 0 unspecified atom stereocenters. The van der Waals surface area contributed by atoms with Gasteiger partial charge >= 0.3 is 0 Å². The number of hydrogen-bond donors (Lipinski definition) is 1. The van der Waals surface area contributed by atoms with Crippen LogP contribution in [0.2, 0.25) is 0 Å². The van der Waals surface area contributed by atoms with E-state index in [1.807, 2.05) is 55.5 Å². The molecule has 1 N–H and O–H groups in total. The Bertz CT molecular complexity index is 858. The Labute approximate surface area is 158 Å². The first-order chi connectivity index (χ1) is 11.6. The highest BCUT2D eigenvalue weighted by atomic mass is 127. The molecule has 0 saturated carbocycles. The zero-order chi connectivity index (χ0) is 17.1. The number of ether oxygens (including phenoxy) is 1. The normalized spacial score (nSPS) is 10.5. The largest absolute Gasteiger partial charge is 0.497 e. The second-order valence-corrected chi connectivity index (χ2v) is 7.56. The smallest absolute Gasteiger partial charge is 0.257 e. The van der Waals surface area contributed by atoms with Crippen LogP contribution in [0.4, 0.5) is 5.13 Å². The first-order valence-electron chi connectivity index (χ1n) is 7.25. The summed E-state index contributed by atoms with van der Waals surface area (Å²) in [5.74, 6) is 0.653. The Hall–Kier alpha value is -1.93. The fourth-order valence-electron chi connectivity index (χ4n) is 2.24. The number of nitrogens with one attached hydrogen (secondary N) is 1. The average molecular weight is 450 g/mol. The quantitative estimate of drug-likeness (QED) is 0.571. The van der Waals surface area contributed by atoms with Gasteiger partial charge in [0.2, 0.25) is 0 Å². The zero-order valence-electron chi connectivity index (χ0n) is 13.2. The van der Waals surface area contributed by atoms with E-state index >= 15 is 0 Å². The maximum absolute atomic E-state index is 12.3. The number of amides is 1. The van der Waals surface area contributed by atoms with Gasteiger partial charge in [-0.3, -0.25) is 10.1 Å². The summed E-state index contributed by atoms with van der Waals surface area (Å²) in [6.07, 6.45) is 0. The van der Waals surface area contributed by atoms with Gasteiger partial charge in [0.05, 0.1) is 12.8 Å². The number of aromatic nitrogens is 1. The summed E-state index contributed by atoms with van der Waals surface area (Å²) in [5, 5.41) is 3.47. The number of rotatable bonds is 4. The molecule has 0 aliphatic heterocycles. The van der Waals surface area contributed by atoms with Crippen LogP contribution in [0.25, 0.3) is 11.3 Å². The second-order valence-electron chi connectivity index (χ2n) is 5.11. The lowest BCUT2D eigenvalue weighted by Crippen LogP contribution is -2.11. The van der Waals surface area contributed by atoms with Crippen LogP contribution in [-0.2, 0) is 0 Å². The first kappa shape index (κ1) is 16.9. The van der Waals surface area contributed by atoms with Crippen molar-refractivity contribution in [2.24, 2.45) is 0 Å². The van der Waals surface area contributed by atoms with Gasteiger partial charge in [0, 0.05) is 19.6 Å². The third kappa shape index (κ3) is 3.76. The summed E-state index contributed by atoms with van der Waals surface area (Å²) in [6, 6.07) is 15.2. The van der Waals surface area contributed by atoms with Gasteiger partial charge in [0.1, 0.15) is 5.75 Å². The highest BCUT2D eigenvalue weighted by Crippen LogP contribution is 2.31. The number of anilines is 1. The topological polar surface area (TPSA) is 51.2 Å². The number of aryl methyl sites for hydroxylation is 1. The molecule has 0 fully saturated rings. The number of halogens is 1. The van der Waals surface area contributed by atoms with Gasteiger partial charge in [-0.05, 0) is 78.0 Å². The van der Waals surface area contributed by atoms with E-state index in [2.05, 4.69) is 32.9 Å². The van der Waals surface area contributed by atoms with Crippen molar-refractivity contribution < 1.29 is 9.53 Å². The molecule has 24 heavy (non-hydrogen) atoms. The van der Waals surface area contributed by atoms with Crippen LogP contribution in [0.5, 0.6) is 5.75 Å². The molecular weight excluding hydrogens is 435 g/mol. The Morgan fingerprint density at radius 2 is 1.79 bits per heavy atom. The summed E-state index contributed by atoms with van der Waals surface area (Å²) in [4.78, 5) is 17.9. The number of benzene rings is 2. The number of carbonyl (C=O) groups is 1. The molecule has 3 aromatic rings. The van der Waals surface area contributed by atoms with Crippen molar-refractivity contribution in [2.75, 3.05) is 12.4 Å². The van der Waals surface area contributed by atoms with Crippen LogP contribution in [0, 0.1) is 10.5 Å². The summed E-state index contributed by atoms with van der Waals surface area (Å²) >= 11 is 3.68. The molecule has 0 aliphatic carbocycles. The van der Waals surface area contributed by atoms with E-state index in [0.29, 0.717) is 10.7 Å². The Kier molecular flexibility index (Phi) is 5.15. The summed E-state index contributed by atoms with van der Waals surface area (Å²) in [5.41, 5.74) is 2.49. The molecule has 0 bridgehead atoms. The van der Waals surface area contributed by atoms with Crippen LogP contribution < -0.4 is 10.1 Å². The molecule has 6 heteroatoms. The number of nitrogens with zero attached hydrogens (tertiary/aromatic N) is 1. The first-order valence-corrected chi connectivity index (χ1v) is 9.15. The molecule has 0 aliphatic rings. The van der Waals surface area contributed by atoms with Crippen LogP contribution in [0.3, 0.4) is 0 Å². The zero-order valence-corrected chi connectivity index (χ0v) is 16.1. The van der Waals surface area contributed by atoms with Gasteiger partial charge in [-0.2, -0.15) is 0 Å². The van der Waals surface area contributed by atoms with Crippen LogP contribution in [-0.4, -0.2) is 18.0 Å². The molecule has 4 nitrogen and oxygen atoms in total. The molecule has 122 valence electrons. The number of thiazole rings is 1. The minimum Gasteiger partial charge on any atom is -0.497 e. The van der Waals surface area contributed by atoms with E-state index < -0.39 is 0 Å². The SMILES string of the molecule is COc1ccc(-c2nc(NC(=O)c3ccc(I)cc3)sc2C)cc1. The second kappa shape index (κ2) is 7.31. The van der Waals surface area contributed by atoms with Crippen molar-refractivity contribution in [1.82, 2.24) is 4.98 Å². The molecular formula is C18H15IN2O2S. The van der Waals surface area contributed by atoms with Gasteiger partial charge in [0.15, 0.2) is 5.13 Å². The van der Waals surface area contributed by atoms with E-state index in [4.69, 9.17) is 4.74 Å². The standard InChI is InChI=1S/C18H15IN2O2S/c1-11-16(12-5-9-15(23-2)10-6-12)20-18(24-11)21-17(22)13-3-7-14(19)8-4-13/h3-10H,1-2H3,(H,20,21,22). The number of methoxy groups -OCH3 is 1. The predicted molar refractivity (Wildman–Crippen MR) is 106 cm³/mol. The molecule has 1 aromatic heterocycles. The minimum atomic E-state index is -0.151. The van der Waals surface area contributed by atoms with Gasteiger partial charge in [0.25, 0.3) is 5.91 Å². The maximum Gasteiger partial charge on any atom is 0.257 e. The van der Waals surface area contributed by atoms with Gasteiger partial charge in [-0.15, -0.1) is 11.3 Å². The van der Waals surface area contributed by atoms with Crippen LogP contribution >= 0.6 is 33.9 Å². The molecule has 1 heterocycles. The van der Waals surface area contributed by atoms with E-state index in [-0.39, 0.29) is 5.91 Å². The molecule has 0 saturated heterocycles. The predicted octanol–water partition coefficient (Wildman–Crippen LogP) is 4.98. The van der Waals surface area contributed by atoms with Crippen molar-refractivity contribution >= 4 is 45.0 Å². The molecule has 0 atom stereocenters. The van der Waals surface area contributed by atoms with Crippen molar-refractivity contribution in [3.63, 3.8) is 0 Å². The van der Waals surface area contributed by atoms with Crippen molar-refractivity contribution in [2.45, 2.75) is 6.92 Å².